The first-order valence-corrected chi connectivity index (χ1v) is 7.08. The van der Waals surface area contributed by atoms with Gasteiger partial charge in [0.2, 0.25) is 0 Å². The van der Waals surface area contributed by atoms with Gasteiger partial charge in [-0.05, 0) is 17.5 Å². The summed E-state index contributed by atoms with van der Waals surface area (Å²) in [6, 6.07) is 19.0. The molecule has 0 fully saturated rings. The average molecular weight is 268 g/mol. The van der Waals surface area contributed by atoms with E-state index in [1.807, 2.05) is 12.3 Å². The van der Waals surface area contributed by atoms with Crippen LogP contribution in [0.1, 0.15) is 0 Å². The van der Waals surface area contributed by atoms with Crippen LogP contribution >= 0.6 is 0 Å². The summed E-state index contributed by atoms with van der Waals surface area (Å²) in [5.41, 5.74) is 2.28. The number of hydrogen-bond donors (Lipinski definition) is 0. The molecule has 3 aromatic heterocycles. The Hall–Kier alpha value is -2.87. The van der Waals surface area contributed by atoms with Crippen molar-refractivity contribution in [2.75, 3.05) is 0 Å². The van der Waals surface area contributed by atoms with Crippen LogP contribution in [0.4, 0.5) is 0 Å². The van der Waals surface area contributed by atoms with Gasteiger partial charge in [-0.3, -0.25) is 4.98 Å². The van der Waals surface area contributed by atoms with Gasteiger partial charge in [-0.1, -0.05) is 42.5 Å². The highest BCUT2D eigenvalue weighted by molar-refractivity contribution is 6.17. The summed E-state index contributed by atoms with van der Waals surface area (Å²) in [6.07, 6.45) is 6.34. The number of para-hydroxylation sites is 1. The monoisotopic (exact) mass is 268 g/mol. The van der Waals surface area contributed by atoms with Gasteiger partial charge in [0.05, 0.1) is 11.0 Å². The van der Waals surface area contributed by atoms with Gasteiger partial charge in [-0.25, -0.2) is 0 Å². The maximum absolute atomic E-state index is 4.63. The van der Waals surface area contributed by atoms with E-state index in [9.17, 15) is 0 Å². The van der Waals surface area contributed by atoms with E-state index in [1.165, 1.54) is 32.4 Å². The SMILES string of the molecule is c1ccc2c(c1)ccn1cc3c4ccccc4ncc3c21. The molecule has 5 aromatic rings. The Morgan fingerprint density at radius 2 is 1.52 bits per heavy atom. The summed E-state index contributed by atoms with van der Waals surface area (Å²) >= 11 is 0. The Morgan fingerprint density at radius 3 is 2.48 bits per heavy atom. The molecular weight excluding hydrogens is 256 g/mol. The van der Waals surface area contributed by atoms with Crippen LogP contribution in [0.25, 0.3) is 38.0 Å². The van der Waals surface area contributed by atoms with E-state index in [-0.39, 0.29) is 0 Å². The van der Waals surface area contributed by atoms with Crippen molar-refractivity contribution in [2.24, 2.45) is 0 Å². The average Bonchev–Trinajstić information content (AvgIpc) is 2.94. The zero-order valence-corrected chi connectivity index (χ0v) is 11.3. The number of benzene rings is 2. The van der Waals surface area contributed by atoms with E-state index in [4.69, 9.17) is 0 Å². The molecule has 0 saturated heterocycles. The number of nitrogens with zero attached hydrogens (tertiary/aromatic N) is 2. The predicted octanol–water partition coefficient (Wildman–Crippen LogP) is 4.79. The lowest BCUT2D eigenvalue weighted by Gasteiger charge is -2.02. The lowest BCUT2D eigenvalue weighted by Crippen LogP contribution is -1.83. The molecule has 2 aromatic carbocycles. The van der Waals surface area contributed by atoms with Crippen molar-refractivity contribution in [3.8, 4) is 0 Å². The maximum Gasteiger partial charge on any atom is 0.0709 e. The van der Waals surface area contributed by atoms with Crippen LogP contribution in [0.3, 0.4) is 0 Å². The Labute approximate surface area is 121 Å². The Bertz CT molecular complexity index is 1140. The number of pyridine rings is 2. The fourth-order valence-corrected chi connectivity index (χ4v) is 3.25. The van der Waals surface area contributed by atoms with Gasteiger partial charge in [0.1, 0.15) is 0 Å². The predicted molar refractivity (Wildman–Crippen MR) is 87.7 cm³/mol. The third-order valence-electron chi connectivity index (χ3n) is 4.23. The van der Waals surface area contributed by atoms with Crippen LogP contribution < -0.4 is 0 Å². The summed E-state index contributed by atoms with van der Waals surface area (Å²) in [6.45, 7) is 0. The smallest absolute Gasteiger partial charge is 0.0709 e. The van der Waals surface area contributed by atoms with E-state index in [1.54, 1.807) is 0 Å². The van der Waals surface area contributed by atoms with Crippen molar-refractivity contribution < 1.29 is 0 Å². The molecule has 2 heteroatoms. The third-order valence-corrected chi connectivity index (χ3v) is 4.23. The molecule has 0 unspecified atom stereocenters. The Morgan fingerprint density at radius 1 is 0.714 bits per heavy atom. The minimum absolute atomic E-state index is 1.05. The van der Waals surface area contributed by atoms with Crippen LogP contribution in [0.2, 0.25) is 0 Å². The van der Waals surface area contributed by atoms with Gasteiger partial charge < -0.3 is 4.40 Å². The molecule has 0 radical (unpaired) electrons. The third kappa shape index (κ3) is 1.39. The second kappa shape index (κ2) is 3.83. The van der Waals surface area contributed by atoms with Crippen LogP contribution in [0, 0.1) is 0 Å². The van der Waals surface area contributed by atoms with Crippen LogP contribution in [-0.2, 0) is 0 Å². The largest absolute Gasteiger partial charge is 0.322 e. The molecule has 0 bridgehead atoms. The lowest BCUT2D eigenvalue weighted by atomic mass is 10.1. The maximum atomic E-state index is 4.63. The van der Waals surface area contributed by atoms with E-state index in [0.717, 1.165) is 5.52 Å². The highest BCUT2D eigenvalue weighted by atomic mass is 14.9. The zero-order valence-electron chi connectivity index (χ0n) is 11.3. The van der Waals surface area contributed by atoms with Crippen molar-refractivity contribution in [1.82, 2.24) is 9.38 Å². The van der Waals surface area contributed by atoms with E-state index in [0.29, 0.717) is 0 Å². The molecule has 0 N–H and O–H groups in total. The topological polar surface area (TPSA) is 17.3 Å². The second-order valence-electron chi connectivity index (χ2n) is 5.39. The normalized spacial score (nSPS) is 11.8. The number of fused-ring (bicyclic) bond motifs is 7. The molecular formula is C19H12N2. The van der Waals surface area contributed by atoms with Crippen LogP contribution in [0.5, 0.6) is 0 Å². The molecule has 0 aliphatic heterocycles. The van der Waals surface area contributed by atoms with E-state index in [2.05, 4.69) is 70.3 Å². The van der Waals surface area contributed by atoms with Gasteiger partial charge in [0, 0.05) is 40.1 Å². The molecule has 3 heterocycles. The molecule has 98 valence electrons. The van der Waals surface area contributed by atoms with Crippen molar-refractivity contribution in [3.63, 3.8) is 0 Å². The molecule has 0 spiro atoms. The quantitative estimate of drug-likeness (QED) is 0.394. The van der Waals surface area contributed by atoms with Crippen molar-refractivity contribution >= 4 is 38.0 Å². The summed E-state index contributed by atoms with van der Waals surface area (Å²) in [4.78, 5) is 4.63. The standard InChI is InChI=1S/C19H12N2/c1-2-6-14-13(5-1)9-10-21-12-17-15-7-3-4-8-18(15)20-11-16(17)19(14)21/h1-12H. The van der Waals surface area contributed by atoms with E-state index < -0.39 is 0 Å². The first-order chi connectivity index (χ1) is 10.4. The molecule has 0 saturated carbocycles. The molecule has 0 aliphatic rings. The van der Waals surface area contributed by atoms with Crippen molar-refractivity contribution in [3.05, 3.63) is 73.2 Å². The van der Waals surface area contributed by atoms with Crippen molar-refractivity contribution in [2.45, 2.75) is 0 Å². The highest BCUT2D eigenvalue weighted by Crippen LogP contribution is 2.32. The van der Waals surface area contributed by atoms with Gasteiger partial charge in [-0.2, -0.15) is 0 Å². The Balaban J connectivity index is 2.11. The minimum atomic E-state index is 1.05. The highest BCUT2D eigenvalue weighted by Gasteiger charge is 2.09. The molecule has 21 heavy (non-hydrogen) atoms. The molecule has 5 rings (SSSR count). The van der Waals surface area contributed by atoms with Gasteiger partial charge >= 0.3 is 0 Å². The fraction of sp³-hybridized carbons (Fsp3) is 0. The summed E-state index contributed by atoms with van der Waals surface area (Å²) in [5.74, 6) is 0. The summed E-state index contributed by atoms with van der Waals surface area (Å²) in [7, 11) is 0. The number of aromatic nitrogens is 2. The Kier molecular flexibility index (Phi) is 1.98. The molecule has 2 nitrogen and oxygen atoms in total. The number of rotatable bonds is 0. The van der Waals surface area contributed by atoms with E-state index >= 15 is 0 Å². The number of hydrogen-bond acceptors (Lipinski definition) is 1. The minimum Gasteiger partial charge on any atom is -0.322 e. The second-order valence-corrected chi connectivity index (χ2v) is 5.39. The zero-order chi connectivity index (χ0) is 13.8. The molecule has 0 aliphatic carbocycles. The molecule has 0 atom stereocenters. The van der Waals surface area contributed by atoms with Gasteiger partial charge in [0.25, 0.3) is 0 Å². The van der Waals surface area contributed by atoms with Gasteiger partial charge in [0.15, 0.2) is 0 Å². The summed E-state index contributed by atoms with van der Waals surface area (Å²) < 4.78 is 2.21. The first-order valence-electron chi connectivity index (χ1n) is 7.08. The molecule has 0 amide bonds. The first kappa shape index (κ1) is 10.9. The van der Waals surface area contributed by atoms with Crippen LogP contribution in [0.15, 0.2) is 73.2 Å². The van der Waals surface area contributed by atoms with Crippen LogP contribution in [-0.4, -0.2) is 9.38 Å². The fourth-order valence-electron chi connectivity index (χ4n) is 3.25. The lowest BCUT2D eigenvalue weighted by molar-refractivity contribution is 1.22. The van der Waals surface area contributed by atoms with Crippen molar-refractivity contribution in [1.29, 1.82) is 0 Å². The summed E-state index contributed by atoms with van der Waals surface area (Å²) in [5, 5.41) is 6.22. The van der Waals surface area contributed by atoms with Gasteiger partial charge in [-0.15, -0.1) is 0 Å².